The summed E-state index contributed by atoms with van der Waals surface area (Å²) in [5.41, 5.74) is 3.10. The maximum absolute atomic E-state index is 14.9. The summed E-state index contributed by atoms with van der Waals surface area (Å²) in [6, 6.07) is 30.2. The third kappa shape index (κ3) is 10.6. The molecule has 0 radical (unpaired) electrons. The van der Waals surface area contributed by atoms with Gasteiger partial charge in [0, 0.05) is 32.9 Å². The molecule has 2 heterocycles. The molecule has 16 nitrogen and oxygen atoms in total. The van der Waals surface area contributed by atoms with Crippen LogP contribution in [-0.4, -0.2) is 102 Å². The van der Waals surface area contributed by atoms with E-state index in [1.807, 2.05) is 60.7 Å². The maximum Gasteiger partial charge on any atom is 0.251 e. The number of hydrogen-bond acceptors (Lipinski definition) is 10. The number of carbonyl (C=O) groups is 6. The molecule has 0 spiro atoms. The number of carbonyl (C=O) groups excluding carboxylic acids is 6. The van der Waals surface area contributed by atoms with E-state index < -0.39 is 53.6 Å². The zero-order chi connectivity index (χ0) is 50.5. The molecule has 2 aliphatic rings. The molecule has 0 saturated carbocycles. The van der Waals surface area contributed by atoms with E-state index in [0.29, 0.717) is 34.2 Å². The van der Waals surface area contributed by atoms with Crippen LogP contribution >= 0.6 is 31.9 Å². The second kappa shape index (κ2) is 22.1. The van der Waals surface area contributed by atoms with Crippen LogP contribution in [0.1, 0.15) is 30.9 Å². The minimum absolute atomic E-state index is 0.0354. The lowest BCUT2D eigenvalue weighted by molar-refractivity contribution is -0.128. The molecule has 6 amide bonds. The van der Waals surface area contributed by atoms with Crippen molar-refractivity contribution < 1.29 is 38.2 Å². The first-order valence-electron chi connectivity index (χ1n) is 23.1. The van der Waals surface area contributed by atoms with Crippen LogP contribution in [0, 0.1) is 0 Å². The van der Waals surface area contributed by atoms with Crippen LogP contribution < -0.4 is 50.3 Å². The Kier molecular flexibility index (Phi) is 15.7. The Morgan fingerprint density at radius 3 is 1.48 bits per heavy atom. The van der Waals surface area contributed by atoms with Crippen molar-refractivity contribution >= 4 is 112 Å². The van der Waals surface area contributed by atoms with Gasteiger partial charge < -0.3 is 50.3 Å². The van der Waals surface area contributed by atoms with E-state index in [4.69, 9.17) is 9.47 Å². The Balaban J connectivity index is 1.13. The van der Waals surface area contributed by atoms with Gasteiger partial charge in [-0.05, 0) is 103 Å². The molecule has 3 atom stereocenters. The van der Waals surface area contributed by atoms with Crippen LogP contribution in [0.3, 0.4) is 0 Å². The zero-order valence-electron chi connectivity index (χ0n) is 39.9. The van der Waals surface area contributed by atoms with E-state index in [1.54, 1.807) is 93.6 Å². The van der Waals surface area contributed by atoms with Crippen LogP contribution in [-0.2, 0) is 41.9 Å². The van der Waals surface area contributed by atoms with E-state index in [0.717, 1.165) is 41.6 Å². The minimum atomic E-state index is -1.20. The molecule has 2 unspecified atom stereocenters. The number of hydrogen-bond donors (Lipinski definition) is 4. The zero-order valence-corrected chi connectivity index (χ0v) is 43.1. The lowest BCUT2D eigenvalue weighted by Gasteiger charge is -2.27. The van der Waals surface area contributed by atoms with E-state index in [-0.39, 0.29) is 45.6 Å². The number of ether oxygens (including phenoxy) is 2. The lowest BCUT2D eigenvalue weighted by Crippen LogP contribution is -2.55. The Morgan fingerprint density at radius 2 is 1.06 bits per heavy atom. The highest BCUT2D eigenvalue weighted by Gasteiger charge is 2.40. The van der Waals surface area contributed by atoms with Gasteiger partial charge in [0.2, 0.25) is 23.6 Å². The molecule has 0 fully saturated rings. The number of para-hydroxylation sites is 4. The maximum atomic E-state index is 14.9. The largest absolute Gasteiger partial charge is 0.496 e. The Labute approximate surface area is 428 Å². The molecule has 0 aromatic heterocycles. The van der Waals surface area contributed by atoms with Crippen LogP contribution in [0.15, 0.2) is 118 Å². The number of benzene rings is 6. The highest BCUT2D eigenvalue weighted by molar-refractivity contribution is 9.10. The van der Waals surface area contributed by atoms with Crippen molar-refractivity contribution in [2.45, 2.75) is 51.0 Å². The molecule has 6 aromatic carbocycles. The molecule has 2 aliphatic heterocycles. The summed E-state index contributed by atoms with van der Waals surface area (Å²) in [5, 5.41) is 15.0. The number of nitrogens with one attached hydrogen (secondary N) is 4. The summed E-state index contributed by atoms with van der Waals surface area (Å²) in [5.74, 6) is -1.66. The molecule has 18 heteroatoms. The van der Waals surface area contributed by atoms with Gasteiger partial charge in [-0.3, -0.25) is 28.8 Å². The summed E-state index contributed by atoms with van der Waals surface area (Å²) in [6.45, 7) is 1.21. The highest BCUT2D eigenvalue weighted by Crippen LogP contribution is 2.40. The van der Waals surface area contributed by atoms with Gasteiger partial charge in [0.1, 0.15) is 23.6 Å². The number of halogens is 2. The summed E-state index contributed by atoms with van der Waals surface area (Å²) in [6.07, 6.45) is -0.617. The van der Waals surface area contributed by atoms with Gasteiger partial charge in [0.25, 0.3) is 11.8 Å². The lowest BCUT2D eigenvalue weighted by atomic mass is 10.0. The first kappa shape index (κ1) is 50.5. The fraction of sp³-hybridized carbons (Fsp3) is 0.283. The average molecular weight is 1090 g/mol. The smallest absolute Gasteiger partial charge is 0.251 e. The monoisotopic (exact) mass is 1090 g/mol. The van der Waals surface area contributed by atoms with Gasteiger partial charge in [-0.15, -0.1) is 0 Å². The standard InChI is InChI=1S/C53H54Br2N8O8/c1-31(57-3)51(67)59-41-30-61(43-11-7-9-13-45(43)63(53(41)69)28-39-37-19-17-35(55)25-33(37)15-21-47(39)71-5)50(66)23-22-49(65)60-29-40(58-48(64)26-56-2)52(68)62(44-12-8-6-10-42(44)60)27-38-36-18-16-34(54)24-32(36)14-20-46(38)70-4/h6-21,24-25,31,40-41,56-57H,22-23,26-30H2,1-5H3,(H,58,64)(H,59,67)/t31-,40?,41?/m0/s1. The number of rotatable bonds is 15. The Hall–Kier alpha value is -6.86. The van der Waals surface area contributed by atoms with Crippen molar-refractivity contribution in [3.8, 4) is 11.5 Å². The van der Waals surface area contributed by atoms with E-state index in [9.17, 15) is 28.8 Å². The summed E-state index contributed by atoms with van der Waals surface area (Å²) >= 11 is 7.12. The quantitative estimate of drug-likeness (QED) is 0.0879. The third-order valence-corrected chi connectivity index (χ3v) is 13.9. The first-order chi connectivity index (χ1) is 34.2. The first-order valence-corrected chi connectivity index (χ1v) is 24.7. The van der Waals surface area contributed by atoms with Crippen molar-refractivity contribution in [3.05, 3.63) is 129 Å². The van der Waals surface area contributed by atoms with Crippen molar-refractivity contribution in [1.29, 1.82) is 0 Å². The SMILES string of the molecule is CNCC(=O)NC1CN(C(=O)CCC(=O)N2CC(NC(=O)[C@H](C)NC)C(=O)N(Cc3c(OC)ccc4cc(Br)ccc34)c3ccccc32)c2ccccc2N(Cc2c(OC)ccc3cc(Br)ccc23)C1=O. The van der Waals surface area contributed by atoms with Gasteiger partial charge in [-0.1, -0.05) is 80.4 Å². The number of methoxy groups -OCH3 is 2. The van der Waals surface area contributed by atoms with Crippen LogP contribution in [0.5, 0.6) is 11.5 Å². The van der Waals surface area contributed by atoms with Crippen LogP contribution in [0.4, 0.5) is 22.7 Å². The van der Waals surface area contributed by atoms with Crippen molar-refractivity contribution in [2.75, 3.05) is 67.5 Å². The number of nitrogens with zero attached hydrogens (tertiary/aromatic N) is 4. The Bertz CT molecular complexity index is 3060. The van der Waals surface area contributed by atoms with Gasteiger partial charge in [-0.25, -0.2) is 0 Å². The number of amides is 6. The third-order valence-electron chi connectivity index (χ3n) is 12.9. The molecule has 0 saturated heterocycles. The average Bonchev–Trinajstić information content (AvgIpc) is 3.56. The van der Waals surface area contributed by atoms with Crippen molar-refractivity contribution in [3.63, 3.8) is 0 Å². The summed E-state index contributed by atoms with van der Waals surface area (Å²) < 4.78 is 13.4. The highest BCUT2D eigenvalue weighted by atomic mass is 79.9. The van der Waals surface area contributed by atoms with Gasteiger partial charge in [0.05, 0.1) is 75.7 Å². The van der Waals surface area contributed by atoms with Gasteiger partial charge in [0.15, 0.2) is 0 Å². The minimum Gasteiger partial charge on any atom is -0.496 e. The molecule has 8 rings (SSSR count). The molecule has 0 aliphatic carbocycles. The van der Waals surface area contributed by atoms with E-state index in [1.165, 1.54) is 9.80 Å². The predicted octanol–water partition coefficient (Wildman–Crippen LogP) is 6.57. The number of anilines is 4. The molecule has 6 aromatic rings. The molecular formula is C53H54Br2N8O8. The van der Waals surface area contributed by atoms with Crippen molar-refractivity contribution in [1.82, 2.24) is 21.3 Å². The Morgan fingerprint density at radius 1 is 0.620 bits per heavy atom. The number of fused-ring (bicyclic) bond motifs is 4. The van der Waals surface area contributed by atoms with E-state index in [2.05, 4.69) is 53.1 Å². The predicted molar refractivity (Wildman–Crippen MR) is 282 cm³/mol. The van der Waals surface area contributed by atoms with Crippen molar-refractivity contribution in [2.24, 2.45) is 0 Å². The molecule has 4 N–H and O–H groups in total. The molecule has 368 valence electrons. The topological polar surface area (TPSA) is 182 Å². The summed E-state index contributed by atoms with van der Waals surface area (Å²) in [4.78, 5) is 92.2. The molecule has 71 heavy (non-hydrogen) atoms. The fourth-order valence-electron chi connectivity index (χ4n) is 9.22. The van der Waals surface area contributed by atoms with Gasteiger partial charge >= 0.3 is 0 Å². The fourth-order valence-corrected chi connectivity index (χ4v) is 9.98. The molecular weight excluding hydrogens is 1040 g/mol. The van der Waals surface area contributed by atoms with Crippen LogP contribution in [0.2, 0.25) is 0 Å². The second-order valence-electron chi connectivity index (χ2n) is 17.3. The molecule has 0 bridgehead atoms. The second-order valence-corrected chi connectivity index (χ2v) is 19.1. The van der Waals surface area contributed by atoms with E-state index >= 15 is 0 Å². The van der Waals surface area contributed by atoms with Crippen LogP contribution in [0.25, 0.3) is 21.5 Å². The number of likely N-dealkylation sites (N-methyl/N-ethyl adjacent to an activating group) is 2. The summed E-state index contributed by atoms with van der Waals surface area (Å²) in [7, 11) is 6.37. The van der Waals surface area contributed by atoms with Gasteiger partial charge in [-0.2, -0.15) is 0 Å². The normalized spacial score (nSPS) is 16.2.